The lowest BCUT2D eigenvalue weighted by Crippen LogP contribution is -2.26. The van der Waals surface area contributed by atoms with E-state index in [1.54, 1.807) is 11.9 Å². The Labute approximate surface area is 136 Å². The molecule has 0 aliphatic carbocycles. The smallest absolute Gasteiger partial charge is 0.229 e. The second kappa shape index (κ2) is 5.81. The molecular weight excluding hydrogens is 317 g/mol. The molecule has 0 unspecified atom stereocenters. The average molecular weight is 330 g/mol. The van der Waals surface area contributed by atoms with Gasteiger partial charge in [0.15, 0.2) is 0 Å². The first-order valence-electron chi connectivity index (χ1n) is 6.78. The number of aromatic nitrogens is 2. The van der Waals surface area contributed by atoms with Crippen molar-refractivity contribution in [3.63, 3.8) is 0 Å². The lowest BCUT2D eigenvalue weighted by atomic mass is 10.2. The van der Waals surface area contributed by atoms with Gasteiger partial charge in [0.05, 0.1) is 16.9 Å². The van der Waals surface area contributed by atoms with Gasteiger partial charge < -0.3 is 4.90 Å². The number of nitrogens with zero attached hydrogens (tertiary/aromatic N) is 3. The maximum absolute atomic E-state index is 13.9. The summed E-state index contributed by atoms with van der Waals surface area (Å²) < 4.78 is 15.2. The molecule has 0 atom stereocenters. The third-order valence-corrected chi connectivity index (χ3v) is 3.86. The highest BCUT2D eigenvalue weighted by atomic mass is 35.5. The maximum Gasteiger partial charge on any atom is 0.229 e. The Kier molecular flexibility index (Phi) is 3.83. The molecule has 3 rings (SSSR count). The molecule has 2 N–H and O–H groups in total. The van der Waals surface area contributed by atoms with Crippen LogP contribution in [0, 0.1) is 16.6 Å². The van der Waals surface area contributed by atoms with Gasteiger partial charge in [-0.05, 0) is 24.3 Å². The molecule has 7 heteroatoms. The summed E-state index contributed by atoms with van der Waals surface area (Å²) in [6.07, 6.45) is 0.957. The predicted molar refractivity (Wildman–Crippen MR) is 89.2 cm³/mol. The van der Waals surface area contributed by atoms with Crippen molar-refractivity contribution < 1.29 is 4.39 Å². The summed E-state index contributed by atoms with van der Waals surface area (Å²) >= 11 is 5.86. The van der Waals surface area contributed by atoms with Gasteiger partial charge >= 0.3 is 0 Å². The number of para-hydroxylation sites is 1. The summed E-state index contributed by atoms with van der Waals surface area (Å²) in [5.74, 6) is -0.150. The Hall–Kier alpha value is -2.73. The molecule has 0 aliphatic rings. The number of anilines is 2. The van der Waals surface area contributed by atoms with Crippen LogP contribution in [0.3, 0.4) is 0 Å². The minimum atomic E-state index is -0.571. The fourth-order valence-electron chi connectivity index (χ4n) is 2.40. The minimum absolute atomic E-state index is 0.0629. The minimum Gasteiger partial charge on any atom is -0.329 e. The molecule has 1 heterocycles. The number of benzene rings is 2. The fraction of sp³-hybridized carbons (Fsp3) is 0.0625. The van der Waals surface area contributed by atoms with Gasteiger partial charge in [0.2, 0.25) is 5.62 Å². The zero-order valence-electron chi connectivity index (χ0n) is 12.2. The van der Waals surface area contributed by atoms with Crippen LogP contribution in [-0.2, 0) is 0 Å². The van der Waals surface area contributed by atoms with Crippen LogP contribution in [0.2, 0.25) is 5.02 Å². The van der Waals surface area contributed by atoms with Crippen LogP contribution in [0.4, 0.5) is 15.9 Å². The Bertz CT molecular complexity index is 952. The Morgan fingerprint density at radius 3 is 2.61 bits per heavy atom. The highest BCUT2D eigenvalue weighted by Gasteiger charge is 2.15. The Morgan fingerprint density at radius 1 is 1.26 bits per heavy atom. The van der Waals surface area contributed by atoms with E-state index in [2.05, 4.69) is 4.98 Å². The predicted octanol–water partition coefficient (Wildman–Crippen LogP) is 3.53. The van der Waals surface area contributed by atoms with Gasteiger partial charge in [0.25, 0.3) is 0 Å². The van der Waals surface area contributed by atoms with E-state index in [0.717, 1.165) is 12.0 Å². The number of nitrogens with one attached hydrogen (secondary N) is 2. The number of hydrogen-bond donors (Lipinski definition) is 2. The molecule has 116 valence electrons. The first kappa shape index (κ1) is 15.2. The summed E-state index contributed by atoms with van der Waals surface area (Å²) in [7, 11) is 1.79. The summed E-state index contributed by atoms with van der Waals surface area (Å²) in [5.41, 5.74) is 1.17. The molecule has 0 radical (unpaired) electrons. The Morgan fingerprint density at radius 2 is 1.96 bits per heavy atom. The van der Waals surface area contributed by atoms with Crippen LogP contribution in [0.15, 0.2) is 42.5 Å². The third kappa shape index (κ3) is 2.57. The lowest BCUT2D eigenvalue weighted by Gasteiger charge is -2.21. The van der Waals surface area contributed by atoms with Gasteiger partial charge in [-0.1, -0.05) is 29.8 Å². The van der Waals surface area contributed by atoms with Crippen molar-refractivity contribution in [2.75, 3.05) is 11.9 Å². The number of fused-ring (bicyclic) bond motifs is 1. The number of halogens is 2. The number of rotatable bonds is 3. The monoisotopic (exact) mass is 329 g/mol. The second-order valence-electron chi connectivity index (χ2n) is 4.94. The van der Waals surface area contributed by atoms with Crippen molar-refractivity contribution in [1.29, 1.82) is 10.8 Å². The number of hydrogen-bond acceptors (Lipinski definition) is 4. The van der Waals surface area contributed by atoms with E-state index in [0.29, 0.717) is 16.7 Å². The van der Waals surface area contributed by atoms with Gasteiger partial charge in [0, 0.05) is 18.1 Å². The molecule has 0 saturated heterocycles. The topological polar surface area (TPSA) is 68.8 Å². The SMILES string of the molecule is CN(c1ccccc1)c1nc(=N)n(C=N)c2cc(Cl)c(F)cc12. The van der Waals surface area contributed by atoms with Crippen molar-refractivity contribution in [3.8, 4) is 0 Å². The van der Waals surface area contributed by atoms with Gasteiger partial charge in [-0.2, -0.15) is 4.98 Å². The van der Waals surface area contributed by atoms with E-state index < -0.39 is 5.82 Å². The molecule has 23 heavy (non-hydrogen) atoms. The molecule has 0 saturated carbocycles. The molecule has 0 spiro atoms. The van der Waals surface area contributed by atoms with Crippen molar-refractivity contribution >= 4 is 40.3 Å². The zero-order chi connectivity index (χ0) is 16.6. The summed E-state index contributed by atoms with van der Waals surface area (Å²) in [6, 6.07) is 12.1. The van der Waals surface area contributed by atoms with Crippen molar-refractivity contribution in [2.45, 2.75) is 0 Å². The first-order valence-corrected chi connectivity index (χ1v) is 7.16. The van der Waals surface area contributed by atoms with Gasteiger partial charge in [-0.15, -0.1) is 0 Å². The molecule has 5 nitrogen and oxygen atoms in total. The van der Waals surface area contributed by atoms with Crippen molar-refractivity contribution in [2.24, 2.45) is 0 Å². The Balaban J connectivity index is 2.35. The quantitative estimate of drug-likeness (QED) is 0.570. The average Bonchev–Trinajstić information content (AvgIpc) is 2.56. The maximum atomic E-state index is 13.9. The lowest BCUT2D eigenvalue weighted by molar-refractivity contribution is 0.629. The van der Waals surface area contributed by atoms with Crippen molar-refractivity contribution in [3.05, 3.63) is 58.9 Å². The molecule has 0 bridgehead atoms. The highest BCUT2D eigenvalue weighted by Crippen LogP contribution is 2.30. The van der Waals surface area contributed by atoms with Crippen LogP contribution in [0.25, 0.3) is 10.9 Å². The van der Waals surface area contributed by atoms with E-state index in [9.17, 15) is 4.39 Å². The highest BCUT2D eigenvalue weighted by molar-refractivity contribution is 6.31. The molecule has 0 aliphatic heterocycles. The molecule has 2 aromatic carbocycles. The van der Waals surface area contributed by atoms with Gasteiger partial charge in [-0.3, -0.25) is 15.4 Å². The molecule has 0 amide bonds. The molecule has 3 aromatic rings. The molecule has 1 aromatic heterocycles. The van der Waals surface area contributed by atoms with Crippen LogP contribution in [-0.4, -0.2) is 22.9 Å². The second-order valence-corrected chi connectivity index (χ2v) is 5.34. The largest absolute Gasteiger partial charge is 0.329 e. The van der Waals surface area contributed by atoms with Crippen LogP contribution in [0.5, 0.6) is 0 Å². The van der Waals surface area contributed by atoms with Crippen LogP contribution >= 0.6 is 11.6 Å². The normalized spacial score (nSPS) is 10.7. The fourth-order valence-corrected chi connectivity index (χ4v) is 2.56. The molecular formula is C16H13ClFN5. The van der Waals surface area contributed by atoms with Crippen molar-refractivity contribution in [1.82, 2.24) is 9.55 Å². The van der Waals surface area contributed by atoms with E-state index in [-0.39, 0.29) is 10.6 Å². The van der Waals surface area contributed by atoms with Crippen LogP contribution in [0.1, 0.15) is 0 Å². The van der Waals surface area contributed by atoms with Gasteiger partial charge in [-0.25, -0.2) is 4.39 Å². The van der Waals surface area contributed by atoms with E-state index in [4.69, 9.17) is 22.4 Å². The summed E-state index contributed by atoms with van der Waals surface area (Å²) in [5, 5.41) is 15.9. The third-order valence-electron chi connectivity index (χ3n) is 3.57. The first-order chi connectivity index (χ1) is 11.0. The zero-order valence-corrected chi connectivity index (χ0v) is 13.0. The van der Waals surface area contributed by atoms with Gasteiger partial charge in [0.1, 0.15) is 11.6 Å². The summed E-state index contributed by atoms with van der Waals surface area (Å²) in [4.78, 5) is 5.98. The van der Waals surface area contributed by atoms with Crippen LogP contribution < -0.4 is 10.5 Å². The standard InChI is InChI=1S/C16H13ClFN5/c1-22(10-5-3-2-4-6-10)15-11-7-13(18)12(17)8-14(11)23(9-19)16(20)21-15/h2-9,19-20H,1H3. The molecule has 0 fully saturated rings. The van der Waals surface area contributed by atoms with E-state index in [1.165, 1.54) is 16.7 Å². The van der Waals surface area contributed by atoms with E-state index in [1.807, 2.05) is 30.3 Å². The summed E-state index contributed by atoms with van der Waals surface area (Å²) in [6.45, 7) is 0. The van der Waals surface area contributed by atoms with E-state index >= 15 is 0 Å².